The largest absolute Gasteiger partial charge is 0.481 e. The molecule has 0 spiro atoms. The smallest absolute Gasteiger partial charge is 0.307 e. The number of carboxylic acids is 1. The zero-order chi connectivity index (χ0) is 17.3. The van der Waals surface area contributed by atoms with Crippen molar-refractivity contribution >= 4 is 23.5 Å². The lowest BCUT2D eigenvalue weighted by molar-refractivity contribution is -0.141. The van der Waals surface area contributed by atoms with Gasteiger partial charge in [0.1, 0.15) is 0 Å². The number of carbonyl (C=O) groups is 3. The maximum atomic E-state index is 12.2. The molecule has 2 amide bonds. The number of rotatable bonds is 5. The topological polar surface area (TPSA) is 86.7 Å². The van der Waals surface area contributed by atoms with E-state index < -0.39 is 17.8 Å². The number of carbonyl (C=O) groups excluding carboxylic acids is 2. The number of nitrogens with one attached hydrogen (secondary N) is 1. The molecule has 0 aliphatic heterocycles. The molecule has 1 aliphatic rings. The van der Waals surface area contributed by atoms with Crippen molar-refractivity contribution in [2.24, 2.45) is 11.8 Å². The molecule has 0 bridgehead atoms. The summed E-state index contributed by atoms with van der Waals surface area (Å²) < 4.78 is 0. The Morgan fingerprint density at radius 1 is 1.17 bits per heavy atom. The van der Waals surface area contributed by atoms with Gasteiger partial charge in [-0.05, 0) is 38.3 Å². The van der Waals surface area contributed by atoms with E-state index in [0.717, 1.165) is 22.4 Å². The van der Waals surface area contributed by atoms with E-state index in [2.05, 4.69) is 5.32 Å². The molecule has 1 aromatic rings. The Balaban J connectivity index is 1.95. The van der Waals surface area contributed by atoms with Gasteiger partial charge in [0.15, 0.2) is 0 Å². The molecule has 2 N–H and O–H groups in total. The van der Waals surface area contributed by atoms with Crippen molar-refractivity contribution in [3.63, 3.8) is 0 Å². The van der Waals surface area contributed by atoms with E-state index in [1.165, 1.54) is 11.9 Å². The molecule has 0 saturated heterocycles. The average molecular weight is 318 g/mol. The Morgan fingerprint density at radius 2 is 1.74 bits per heavy atom. The van der Waals surface area contributed by atoms with E-state index in [1.54, 1.807) is 0 Å². The summed E-state index contributed by atoms with van der Waals surface area (Å²) in [7, 11) is 1.52. The number of amides is 2. The Bertz CT molecular complexity index is 646. The van der Waals surface area contributed by atoms with Crippen molar-refractivity contribution in [3.05, 3.63) is 28.8 Å². The van der Waals surface area contributed by atoms with Crippen LogP contribution in [0.1, 0.15) is 23.1 Å². The van der Waals surface area contributed by atoms with Gasteiger partial charge in [-0.2, -0.15) is 0 Å². The first-order chi connectivity index (χ1) is 10.7. The van der Waals surface area contributed by atoms with Gasteiger partial charge >= 0.3 is 5.97 Å². The molecule has 2 rings (SSSR count). The van der Waals surface area contributed by atoms with Crippen LogP contribution < -0.4 is 5.32 Å². The number of benzene rings is 1. The van der Waals surface area contributed by atoms with Crippen molar-refractivity contribution in [3.8, 4) is 0 Å². The normalized spacial score (nSPS) is 19.1. The third kappa shape index (κ3) is 3.88. The number of aryl methyl sites for hydroxylation is 3. The number of carboxylic acid groups (broad SMARTS) is 1. The Morgan fingerprint density at radius 3 is 2.22 bits per heavy atom. The number of nitrogens with zero attached hydrogens (tertiary/aromatic N) is 1. The van der Waals surface area contributed by atoms with Crippen LogP contribution in [-0.2, 0) is 14.4 Å². The van der Waals surface area contributed by atoms with E-state index in [-0.39, 0.29) is 18.4 Å². The molecule has 1 saturated carbocycles. The van der Waals surface area contributed by atoms with Crippen molar-refractivity contribution in [2.75, 3.05) is 18.9 Å². The summed E-state index contributed by atoms with van der Waals surface area (Å²) in [6.07, 6.45) is 0.357. The SMILES string of the molecule is Cc1cc(C)c(NC(=O)CN(C)C(=O)C2CC2C(=O)O)c(C)c1. The number of hydrogen-bond acceptors (Lipinski definition) is 3. The zero-order valence-electron chi connectivity index (χ0n) is 13.8. The first-order valence-electron chi connectivity index (χ1n) is 7.56. The second kappa shape index (κ2) is 6.40. The van der Waals surface area contributed by atoms with Gasteiger partial charge in [0.25, 0.3) is 0 Å². The predicted molar refractivity (Wildman–Crippen MR) is 86.2 cm³/mol. The maximum absolute atomic E-state index is 12.2. The maximum Gasteiger partial charge on any atom is 0.307 e. The van der Waals surface area contributed by atoms with Crippen LogP contribution in [0.5, 0.6) is 0 Å². The van der Waals surface area contributed by atoms with Gasteiger partial charge in [0.2, 0.25) is 11.8 Å². The van der Waals surface area contributed by atoms with Gasteiger partial charge in [0.05, 0.1) is 18.4 Å². The van der Waals surface area contributed by atoms with E-state index in [0.29, 0.717) is 6.42 Å². The first-order valence-corrected chi connectivity index (χ1v) is 7.56. The van der Waals surface area contributed by atoms with Crippen molar-refractivity contribution in [1.82, 2.24) is 4.90 Å². The van der Waals surface area contributed by atoms with Gasteiger partial charge in [-0.25, -0.2) is 0 Å². The van der Waals surface area contributed by atoms with Crippen LogP contribution in [0, 0.1) is 32.6 Å². The number of hydrogen-bond donors (Lipinski definition) is 2. The molecule has 6 heteroatoms. The van der Waals surface area contributed by atoms with E-state index in [4.69, 9.17) is 5.11 Å². The highest BCUT2D eigenvalue weighted by atomic mass is 16.4. The molecule has 1 fully saturated rings. The third-order valence-electron chi connectivity index (χ3n) is 4.12. The average Bonchev–Trinajstić information content (AvgIpc) is 3.22. The van der Waals surface area contributed by atoms with Crippen molar-refractivity contribution < 1.29 is 19.5 Å². The van der Waals surface area contributed by atoms with Crippen molar-refractivity contribution in [2.45, 2.75) is 27.2 Å². The minimum atomic E-state index is -0.952. The van der Waals surface area contributed by atoms with Crippen LogP contribution in [0.25, 0.3) is 0 Å². The summed E-state index contributed by atoms with van der Waals surface area (Å²) in [5.74, 6) is -2.62. The number of anilines is 1. The van der Waals surface area contributed by atoms with E-state index in [9.17, 15) is 14.4 Å². The predicted octanol–water partition coefficient (Wildman–Crippen LogP) is 1.73. The van der Waals surface area contributed by atoms with Crippen LogP contribution in [0.3, 0.4) is 0 Å². The molecule has 0 radical (unpaired) electrons. The van der Waals surface area contributed by atoms with Crippen LogP contribution in [0.2, 0.25) is 0 Å². The van der Waals surface area contributed by atoms with Gasteiger partial charge in [-0.15, -0.1) is 0 Å². The second-order valence-corrected chi connectivity index (χ2v) is 6.30. The summed E-state index contributed by atoms with van der Waals surface area (Å²) in [5, 5.41) is 11.7. The zero-order valence-corrected chi connectivity index (χ0v) is 13.8. The monoisotopic (exact) mass is 318 g/mol. The number of aliphatic carboxylic acids is 1. The van der Waals surface area contributed by atoms with Gasteiger partial charge in [0, 0.05) is 12.7 Å². The summed E-state index contributed by atoms with van der Waals surface area (Å²) in [6.45, 7) is 5.75. The lowest BCUT2D eigenvalue weighted by Crippen LogP contribution is -2.36. The standard InChI is InChI=1S/C17H22N2O4/c1-9-5-10(2)15(11(3)6-9)18-14(20)8-19(4)16(21)12-7-13(12)17(22)23/h5-6,12-13H,7-8H2,1-4H3,(H,18,20)(H,22,23). The minimum Gasteiger partial charge on any atom is -0.481 e. The summed E-state index contributed by atoms with van der Waals surface area (Å²) >= 11 is 0. The molecule has 2 unspecified atom stereocenters. The van der Waals surface area contributed by atoms with Gasteiger partial charge in [-0.1, -0.05) is 17.7 Å². The van der Waals surface area contributed by atoms with Crippen LogP contribution in [-0.4, -0.2) is 41.4 Å². The quantitative estimate of drug-likeness (QED) is 0.865. The highest BCUT2D eigenvalue weighted by molar-refractivity contribution is 5.97. The highest BCUT2D eigenvalue weighted by Crippen LogP contribution is 2.39. The fraction of sp³-hybridized carbons (Fsp3) is 0.471. The molecule has 0 heterocycles. The lowest BCUT2D eigenvalue weighted by Gasteiger charge is -2.18. The molecule has 2 atom stereocenters. The van der Waals surface area contributed by atoms with Crippen LogP contribution in [0.4, 0.5) is 5.69 Å². The Labute approximate surface area is 135 Å². The first kappa shape index (κ1) is 17.0. The fourth-order valence-electron chi connectivity index (χ4n) is 2.87. The second-order valence-electron chi connectivity index (χ2n) is 6.30. The van der Waals surface area contributed by atoms with Crippen LogP contribution in [0.15, 0.2) is 12.1 Å². The lowest BCUT2D eigenvalue weighted by atomic mass is 10.1. The van der Waals surface area contributed by atoms with Crippen molar-refractivity contribution in [1.29, 1.82) is 0 Å². The molecule has 1 aromatic carbocycles. The van der Waals surface area contributed by atoms with Gasteiger partial charge in [-0.3, -0.25) is 14.4 Å². The molecule has 6 nitrogen and oxygen atoms in total. The van der Waals surface area contributed by atoms with Crippen LogP contribution >= 0.6 is 0 Å². The summed E-state index contributed by atoms with van der Waals surface area (Å²) in [5.41, 5.74) is 3.82. The molecule has 124 valence electrons. The third-order valence-corrected chi connectivity index (χ3v) is 4.12. The molecular weight excluding hydrogens is 296 g/mol. The fourth-order valence-corrected chi connectivity index (χ4v) is 2.87. The Hall–Kier alpha value is -2.37. The van der Waals surface area contributed by atoms with Gasteiger partial charge < -0.3 is 15.3 Å². The number of likely N-dealkylation sites (N-methyl/N-ethyl adjacent to an activating group) is 1. The van der Waals surface area contributed by atoms with E-state index >= 15 is 0 Å². The Kier molecular flexibility index (Phi) is 4.73. The van der Waals surface area contributed by atoms with E-state index in [1.807, 2.05) is 32.9 Å². The summed E-state index contributed by atoms with van der Waals surface area (Å²) in [4.78, 5) is 36.3. The molecular formula is C17H22N2O4. The molecule has 1 aliphatic carbocycles. The summed E-state index contributed by atoms with van der Waals surface area (Å²) in [6, 6.07) is 3.97. The molecule has 23 heavy (non-hydrogen) atoms. The minimum absolute atomic E-state index is 0.0889. The molecule has 0 aromatic heterocycles. The highest BCUT2D eigenvalue weighted by Gasteiger charge is 2.49.